The zero-order chi connectivity index (χ0) is 13.0. The predicted molar refractivity (Wildman–Crippen MR) is 76.0 cm³/mol. The first-order valence-corrected chi connectivity index (χ1v) is 7.14. The topological polar surface area (TPSA) is 37.8 Å². The second kappa shape index (κ2) is 6.07. The molecule has 0 aromatic carbocycles. The van der Waals surface area contributed by atoms with Crippen LogP contribution in [0.25, 0.3) is 0 Å². The van der Waals surface area contributed by atoms with Crippen LogP contribution in [0.4, 0.5) is 0 Å². The van der Waals surface area contributed by atoms with Crippen molar-refractivity contribution in [1.29, 1.82) is 0 Å². The van der Waals surface area contributed by atoms with Crippen molar-refractivity contribution in [3.05, 3.63) is 45.7 Å². The van der Waals surface area contributed by atoms with E-state index >= 15 is 0 Å². The molecule has 0 aliphatic rings. The number of aryl methyl sites for hydroxylation is 2. The Bertz CT molecular complexity index is 490. The molecule has 2 aromatic rings. The second-order valence-corrected chi connectivity index (χ2v) is 5.41. The number of rotatable bonds is 5. The molecule has 2 aromatic heterocycles. The molecule has 0 radical (unpaired) electrons. The first kappa shape index (κ1) is 13.2. The van der Waals surface area contributed by atoms with Gasteiger partial charge in [-0.2, -0.15) is 0 Å². The van der Waals surface area contributed by atoms with Gasteiger partial charge in [0.1, 0.15) is 0 Å². The van der Waals surface area contributed by atoms with Crippen LogP contribution in [-0.2, 0) is 12.8 Å². The van der Waals surface area contributed by atoms with Crippen LogP contribution in [0.5, 0.6) is 0 Å². The minimum atomic E-state index is 0.245. The standard InChI is InChI=1S/C14H19N3S/c1-4-11-5-6-12(16-8-11)7-13(15-3)14-9-18-10(2)17-14/h5-6,8-9,13,15H,4,7H2,1-3H3. The summed E-state index contributed by atoms with van der Waals surface area (Å²) in [6.45, 7) is 4.18. The highest BCUT2D eigenvalue weighted by molar-refractivity contribution is 7.09. The van der Waals surface area contributed by atoms with Crippen molar-refractivity contribution in [2.24, 2.45) is 0 Å². The van der Waals surface area contributed by atoms with Crippen LogP contribution in [-0.4, -0.2) is 17.0 Å². The lowest BCUT2D eigenvalue weighted by molar-refractivity contribution is 0.571. The normalized spacial score (nSPS) is 12.6. The van der Waals surface area contributed by atoms with Crippen LogP contribution < -0.4 is 5.32 Å². The fraction of sp³-hybridized carbons (Fsp3) is 0.429. The Morgan fingerprint density at radius 2 is 2.22 bits per heavy atom. The Morgan fingerprint density at radius 3 is 2.72 bits per heavy atom. The van der Waals surface area contributed by atoms with E-state index in [1.54, 1.807) is 11.3 Å². The lowest BCUT2D eigenvalue weighted by Gasteiger charge is -2.13. The molecule has 2 heterocycles. The molecule has 1 unspecified atom stereocenters. The van der Waals surface area contributed by atoms with E-state index in [9.17, 15) is 0 Å². The molecule has 1 N–H and O–H groups in total. The van der Waals surface area contributed by atoms with E-state index in [2.05, 4.69) is 39.7 Å². The van der Waals surface area contributed by atoms with Crippen LogP contribution in [0.2, 0.25) is 0 Å². The highest BCUT2D eigenvalue weighted by atomic mass is 32.1. The molecule has 3 nitrogen and oxygen atoms in total. The Labute approximate surface area is 112 Å². The van der Waals surface area contributed by atoms with Gasteiger partial charge in [-0.3, -0.25) is 4.98 Å². The maximum atomic E-state index is 4.54. The van der Waals surface area contributed by atoms with Crippen molar-refractivity contribution < 1.29 is 0 Å². The summed E-state index contributed by atoms with van der Waals surface area (Å²) in [5, 5.41) is 6.55. The molecule has 0 saturated carbocycles. The number of nitrogens with one attached hydrogen (secondary N) is 1. The number of nitrogens with zero attached hydrogens (tertiary/aromatic N) is 2. The third-order valence-corrected chi connectivity index (χ3v) is 3.84. The van der Waals surface area contributed by atoms with Gasteiger partial charge >= 0.3 is 0 Å². The monoisotopic (exact) mass is 261 g/mol. The average molecular weight is 261 g/mol. The van der Waals surface area contributed by atoms with Crippen LogP contribution in [0, 0.1) is 6.92 Å². The molecule has 96 valence electrons. The molecule has 0 aliphatic heterocycles. The fourth-order valence-electron chi connectivity index (χ4n) is 1.89. The third-order valence-electron chi connectivity index (χ3n) is 3.05. The summed E-state index contributed by atoms with van der Waals surface area (Å²) < 4.78 is 0. The van der Waals surface area contributed by atoms with Crippen molar-refractivity contribution in [3.8, 4) is 0 Å². The predicted octanol–water partition coefficient (Wildman–Crippen LogP) is 2.91. The van der Waals surface area contributed by atoms with E-state index in [0.717, 1.165) is 29.2 Å². The summed E-state index contributed by atoms with van der Waals surface area (Å²) in [6.07, 6.45) is 3.88. The molecular weight excluding hydrogens is 242 g/mol. The first-order chi connectivity index (χ1) is 8.72. The van der Waals surface area contributed by atoms with Gasteiger partial charge in [-0.25, -0.2) is 4.98 Å². The van der Waals surface area contributed by atoms with Gasteiger partial charge in [-0.05, 0) is 32.0 Å². The maximum Gasteiger partial charge on any atom is 0.0898 e. The van der Waals surface area contributed by atoms with Crippen LogP contribution in [0.15, 0.2) is 23.7 Å². The second-order valence-electron chi connectivity index (χ2n) is 4.35. The largest absolute Gasteiger partial charge is 0.311 e. The summed E-state index contributed by atoms with van der Waals surface area (Å²) in [6, 6.07) is 4.51. The molecule has 0 bridgehead atoms. The minimum Gasteiger partial charge on any atom is -0.311 e. The van der Waals surface area contributed by atoms with Gasteiger partial charge in [-0.15, -0.1) is 11.3 Å². The zero-order valence-electron chi connectivity index (χ0n) is 11.1. The molecule has 0 spiro atoms. The van der Waals surface area contributed by atoms with Gasteiger partial charge < -0.3 is 5.32 Å². The van der Waals surface area contributed by atoms with E-state index in [4.69, 9.17) is 0 Å². The number of hydrogen-bond acceptors (Lipinski definition) is 4. The van der Waals surface area contributed by atoms with Gasteiger partial charge in [0.15, 0.2) is 0 Å². The molecule has 2 rings (SSSR count). The summed E-state index contributed by atoms with van der Waals surface area (Å²) >= 11 is 1.69. The molecule has 4 heteroatoms. The SMILES string of the molecule is CCc1ccc(CC(NC)c2csc(C)n2)nc1. The molecule has 0 amide bonds. The van der Waals surface area contributed by atoms with Gasteiger partial charge in [-0.1, -0.05) is 13.0 Å². The Balaban J connectivity index is 2.10. The van der Waals surface area contributed by atoms with Crippen molar-refractivity contribution in [2.75, 3.05) is 7.05 Å². The van der Waals surface area contributed by atoms with Crippen molar-refractivity contribution in [1.82, 2.24) is 15.3 Å². The first-order valence-electron chi connectivity index (χ1n) is 6.26. The highest BCUT2D eigenvalue weighted by Crippen LogP contribution is 2.19. The van der Waals surface area contributed by atoms with Crippen LogP contribution >= 0.6 is 11.3 Å². The lowest BCUT2D eigenvalue weighted by Crippen LogP contribution is -2.19. The molecule has 18 heavy (non-hydrogen) atoms. The summed E-state index contributed by atoms with van der Waals surface area (Å²) in [7, 11) is 1.97. The number of likely N-dealkylation sites (N-methyl/N-ethyl adjacent to an activating group) is 1. The smallest absolute Gasteiger partial charge is 0.0898 e. The molecule has 1 atom stereocenters. The maximum absolute atomic E-state index is 4.54. The fourth-order valence-corrected chi connectivity index (χ4v) is 2.56. The summed E-state index contributed by atoms with van der Waals surface area (Å²) in [5.41, 5.74) is 3.50. The third kappa shape index (κ3) is 3.15. The van der Waals surface area contributed by atoms with E-state index in [-0.39, 0.29) is 6.04 Å². The zero-order valence-corrected chi connectivity index (χ0v) is 11.9. The Hall–Kier alpha value is -1.26. The van der Waals surface area contributed by atoms with Crippen molar-refractivity contribution in [2.45, 2.75) is 32.7 Å². The van der Waals surface area contributed by atoms with Gasteiger partial charge in [0.2, 0.25) is 0 Å². The molecule has 0 fully saturated rings. The quantitative estimate of drug-likeness (QED) is 0.899. The average Bonchev–Trinajstić information content (AvgIpc) is 2.83. The van der Waals surface area contributed by atoms with E-state index < -0.39 is 0 Å². The summed E-state index contributed by atoms with van der Waals surface area (Å²) in [5.74, 6) is 0. The van der Waals surface area contributed by atoms with Crippen molar-refractivity contribution >= 4 is 11.3 Å². The molecule has 0 aliphatic carbocycles. The van der Waals surface area contributed by atoms with Crippen LogP contribution in [0.3, 0.4) is 0 Å². The van der Waals surface area contributed by atoms with Gasteiger partial charge in [0.25, 0.3) is 0 Å². The van der Waals surface area contributed by atoms with E-state index in [1.165, 1.54) is 5.56 Å². The van der Waals surface area contributed by atoms with Crippen LogP contribution in [0.1, 0.15) is 34.9 Å². The van der Waals surface area contributed by atoms with E-state index in [0.29, 0.717) is 0 Å². The Kier molecular flexibility index (Phi) is 4.44. The highest BCUT2D eigenvalue weighted by Gasteiger charge is 2.13. The number of hydrogen-bond donors (Lipinski definition) is 1. The molecular formula is C14H19N3S. The van der Waals surface area contributed by atoms with Gasteiger partial charge in [0, 0.05) is 23.7 Å². The Morgan fingerprint density at radius 1 is 1.39 bits per heavy atom. The molecule has 0 saturated heterocycles. The number of thiazole rings is 1. The summed E-state index contributed by atoms with van der Waals surface area (Å²) in [4.78, 5) is 9.05. The minimum absolute atomic E-state index is 0.245. The number of aromatic nitrogens is 2. The number of pyridine rings is 1. The van der Waals surface area contributed by atoms with Crippen molar-refractivity contribution in [3.63, 3.8) is 0 Å². The van der Waals surface area contributed by atoms with E-state index in [1.807, 2.05) is 20.2 Å². The van der Waals surface area contributed by atoms with Gasteiger partial charge in [0.05, 0.1) is 16.7 Å². The lowest BCUT2D eigenvalue weighted by atomic mass is 10.1.